The van der Waals surface area contributed by atoms with Gasteiger partial charge in [0.2, 0.25) is 0 Å². The van der Waals surface area contributed by atoms with Crippen LogP contribution in [0, 0.1) is 5.82 Å². The molecule has 0 N–H and O–H groups in total. The van der Waals surface area contributed by atoms with Crippen LogP contribution in [0.15, 0.2) is 84.9 Å². The van der Waals surface area contributed by atoms with Crippen LogP contribution >= 0.6 is 11.6 Å². The number of carbonyl (C=O) groups is 3. The number of rotatable bonds is 7. The summed E-state index contributed by atoms with van der Waals surface area (Å²) in [6, 6.07) is 21.6. The van der Waals surface area contributed by atoms with Crippen molar-refractivity contribution in [3.8, 4) is 16.9 Å². The minimum absolute atomic E-state index is 0.00000611. The van der Waals surface area contributed by atoms with Crippen LogP contribution in [0.5, 0.6) is 5.75 Å². The summed E-state index contributed by atoms with van der Waals surface area (Å²) in [6.07, 6.45) is -6.85. The molecule has 268 valence electrons. The largest absolute Gasteiger partial charge is 0.489 e. The van der Waals surface area contributed by atoms with Crippen LogP contribution in [0.2, 0.25) is 5.02 Å². The Morgan fingerprint density at radius 3 is 2.14 bits per heavy atom. The number of nitrogens with zero attached hydrogens (tertiary/aromatic N) is 2. The van der Waals surface area contributed by atoms with E-state index in [1.807, 2.05) is 6.07 Å². The van der Waals surface area contributed by atoms with Crippen molar-refractivity contribution in [3.05, 3.63) is 124 Å². The van der Waals surface area contributed by atoms with Crippen LogP contribution in [0.4, 0.5) is 31.9 Å². The second kappa shape index (κ2) is 15.4. The molecule has 0 unspecified atom stereocenters. The zero-order valence-corrected chi connectivity index (χ0v) is 28.8. The number of halogens is 5. The molecule has 1 heterocycles. The summed E-state index contributed by atoms with van der Waals surface area (Å²) >= 11 is 5.92. The van der Waals surface area contributed by atoms with Gasteiger partial charge >= 0.3 is 24.5 Å². The zero-order chi connectivity index (χ0) is 36.9. The van der Waals surface area contributed by atoms with Crippen LogP contribution in [0.25, 0.3) is 11.1 Å². The Kier molecular flexibility index (Phi) is 11.2. The number of imide groups is 1. The lowest BCUT2D eigenvalue weighted by molar-refractivity contribution is -0.137. The normalized spacial score (nSPS) is 12.9. The van der Waals surface area contributed by atoms with Crippen molar-refractivity contribution in [2.75, 3.05) is 13.1 Å². The predicted octanol–water partition coefficient (Wildman–Crippen LogP) is 9.84. The summed E-state index contributed by atoms with van der Waals surface area (Å²) in [7, 11) is 0. The molecule has 51 heavy (non-hydrogen) atoms. The second-order valence-corrected chi connectivity index (χ2v) is 13.3. The minimum Gasteiger partial charge on any atom is -0.489 e. The van der Waals surface area contributed by atoms with E-state index < -0.39 is 41.4 Å². The lowest BCUT2D eigenvalue weighted by Gasteiger charge is -2.29. The molecule has 5 rings (SSSR count). The molecule has 0 bridgehead atoms. The van der Waals surface area contributed by atoms with Gasteiger partial charge in [-0.2, -0.15) is 13.2 Å². The summed E-state index contributed by atoms with van der Waals surface area (Å²) in [5.41, 5.74) is 2.83. The van der Waals surface area contributed by atoms with Crippen LogP contribution in [0.1, 0.15) is 48.6 Å². The molecule has 0 aromatic heterocycles. The Hall–Kier alpha value is -5.10. The van der Waals surface area contributed by atoms with Gasteiger partial charge in [-0.25, -0.2) is 23.7 Å². The van der Waals surface area contributed by atoms with Crippen molar-refractivity contribution in [2.45, 2.75) is 58.5 Å². The first-order valence-corrected chi connectivity index (χ1v) is 16.4. The Labute approximate surface area is 297 Å². The standard InChI is InChI=1S/C38H35ClF4N2O6/c1-37(2,3)51-36(48)45(19-16-24-4-8-26(9-5-24)28-11-15-33(40)32(39)21-28)35(47)50-34(46)44-18-17-27-10-14-31(20-29(27)22-44)49-23-25-6-12-30(13-7-25)38(41,42)43/h4-15,20-21H,16-19,22-23H2,1-3H3. The number of hydrogen-bond donors (Lipinski definition) is 0. The molecule has 4 aromatic carbocycles. The van der Waals surface area contributed by atoms with Gasteiger partial charge in [0.05, 0.1) is 10.6 Å². The highest BCUT2D eigenvalue weighted by molar-refractivity contribution is 6.31. The third kappa shape index (κ3) is 10.0. The van der Waals surface area contributed by atoms with Gasteiger partial charge in [0.1, 0.15) is 23.8 Å². The van der Waals surface area contributed by atoms with Gasteiger partial charge in [0.25, 0.3) is 0 Å². The van der Waals surface area contributed by atoms with Gasteiger partial charge in [-0.3, -0.25) is 0 Å². The maximum absolute atomic E-state index is 13.6. The van der Waals surface area contributed by atoms with E-state index in [4.69, 9.17) is 25.8 Å². The zero-order valence-electron chi connectivity index (χ0n) is 28.1. The first kappa shape index (κ1) is 37.2. The molecule has 0 atom stereocenters. The molecule has 13 heteroatoms. The molecule has 0 saturated heterocycles. The molecular weight excluding hydrogens is 692 g/mol. The molecule has 1 aliphatic heterocycles. The first-order valence-electron chi connectivity index (χ1n) is 16.0. The summed E-state index contributed by atoms with van der Waals surface area (Å²) in [4.78, 5) is 41.6. The molecule has 3 amide bonds. The van der Waals surface area contributed by atoms with Gasteiger partial charge < -0.3 is 19.1 Å². The lowest BCUT2D eigenvalue weighted by atomic mass is 10.00. The Morgan fingerprint density at radius 2 is 1.49 bits per heavy atom. The Bertz CT molecular complexity index is 1890. The fourth-order valence-electron chi connectivity index (χ4n) is 5.28. The van der Waals surface area contributed by atoms with Crippen LogP contribution < -0.4 is 4.74 Å². The van der Waals surface area contributed by atoms with Crippen molar-refractivity contribution in [2.24, 2.45) is 0 Å². The van der Waals surface area contributed by atoms with Crippen molar-refractivity contribution in [1.29, 1.82) is 0 Å². The van der Waals surface area contributed by atoms with Crippen molar-refractivity contribution >= 4 is 29.9 Å². The van der Waals surface area contributed by atoms with E-state index in [9.17, 15) is 31.9 Å². The molecular formula is C38H35ClF4N2O6. The molecule has 0 aliphatic carbocycles. The topological polar surface area (TPSA) is 85.4 Å². The van der Waals surface area contributed by atoms with Crippen molar-refractivity contribution in [3.63, 3.8) is 0 Å². The summed E-state index contributed by atoms with van der Waals surface area (Å²) in [5.74, 6) is -0.0726. The number of fused-ring (bicyclic) bond motifs is 1. The van der Waals surface area contributed by atoms with Crippen LogP contribution in [-0.4, -0.2) is 46.8 Å². The molecule has 4 aromatic rings. The maximum Gasteiger partial charge on any atom is 0.428 e. The van der Waals surface area contributed by atoms with Gasteiger partial charge in [-0.05, 0) is 103 Å². The van der Waals surface area contributed by atoms with Crippen LogP contribution in [0.3, 0.4) is 0 Å². The van der Waals surface area contributed by atoms with E-state index in [2.05, 4.69) is 0 Å². The fraction of sp³-hybridized carbons (Fsp3) is 0.289. The van der Waals surface area contributed by atoms with Crippen molar-refractivity contribution in [1.82, 2.24) is 9.80 Å². The Balaban J connectivity index is 1.21. The number of alkyl halides is 3. The Morgan fingerprint density at radius 1 is 0.824 bits per heavy atom. The molecule has 0 saturated carbocycles. The van der Waals surface area contributed by atoms with E-state index in [0.29, 0.717) is 23.3 Å². The lowest BCUT2D eigenvalue weighted by Crippen LogP contribution is -2.45. The molecule has 1 aliphatic rings. The third-order valence-corrected chi connectivity index (χ3v) is 8.26. The third-order valence-electron chi connectivity index (χ3n) is 7.97. The molecule has 0 fully saturated rings. The van der Waals surface area contributed by atoms with Crippen LogP contribution in [-0.2, 0) is 41.6 Å². The summed E-state index contributed by atoms with van der Waals surface area (Å²) < 4.78 is 68.6. The monoisotopic (exact) mass is 726 g/mol. The minimum atomic E-state index is -4.43. The van der Waals surface area contributed by atoms with E-state index in [0.717, 1.165) is 39.3 Å². The number of ether oxygens (including phenoxy) is 3. The fourth-order valence-corrected chi connectivity index (χ4v) is 5.47. The molecule has 0 radical (unpaired) electrons. The predicted molar refractivity (Wildman–Crippen MR) is 182 cm³/mol. The van der Waals surface area contributed by atoms with Crippen molar-refractivity contribution < 1.29 is 46.2 Å². The average molecular weight is 727 g/mol. The average Bonchev–Trinajstić information content (AvgIpc) is 3.07. The van der Waals surface area contributed by atoms with E-state index in [1.165, 1.54) is 29.2 Å². The quantitative estimate of drug-likeness (QED) is 0.139. The summed E-state index contributed by atoms with van der Waals surface area (Å²) in [5, 5.41) is -0.00000611. The number of carbonyl (C=O) groups excluding carboxylic acids is 3. The smallest absolute Gasteiger partial charge is 0.428 e. The van der Waals surface area contributed by atoms with E-state index in [1.54, 1.807) is 63.2 Å². The second-order valence-electron chi connectivity index (χ2n) is 12.9. The number of hydrogen-bond acceptors (Lipinski definition) is 6. The number of amides is 3. The van der Waals surface area contributed by atoms with Gasteiger partial charge in [-0.15, -0.1) is 0 Å². The molecule has 0 spiro atoms. The highest BCUT2D eigenvalue weighted by Gasteiger charge is 2.32. The molecule has 8 nitrogen and oxygen atoms in total. The van der Waals surface area contributed by atoms with Gasteiger partial charge in [0, 0.05) is 19.6 Å². The maximum atomic E-state index is 13.6. The SMILES string of the molecule is CC(C)(C)OC(=O)N(CCc1ccc(-c2ccc(F)c(Cl)c2)cc1)C(=O)OC(=O)N1CCc2ccc(OCc3ccc(C(F)(F)F)cc3)cc2C1. The van der Waals surface area contributed by atoms with Gasteiger partial charge in [0.15, 0.2) is 0 Å². The number of benzene rings is 4. The summed E-state index contributed by atoms with van der Waals surface area (Å²) in [6.45, 7) is 5.17. The van der Waals surface area contributed by atoms with E-state index in [-0.39, 0.29) is 37.7 Å². The van der Waals surface area contributed by atoms with E-state index >= 15 is 0 Å². The first-order chi connectivity index (χ1) is 24.1. The highest BCUT2D eigenvalue weighted by Crippen LogP contribution is 2.30. The van der Waals surface area contributed by atoms with Gasteiger partial charge in [-0.1, -0.05) is 60.1 Å². The highest BCUT2D eigenvalue weighted by atomic mass is 35.5.